The molecule has 152 valence electrons. The Morgan fingerprint density at radius 3 is 1.62 bits per heavy atom. The molecule has 1 heteroatoms. The smallest absolute Gasteiger partial charge is 0.118 e. The summed E-state index contributed by atoms with van der Waals surface area (Å²) in [5.74, 6) is 1.35. The van der Waals surface area contributed by atoms with E-state index in [0.717, 1.165) is 25.0 Å². The monoisotopic (exact) mass is 386 g/mol. The third-order valence-corrected chi connectivity index (χ3v) is 5.80. The Labute approximate surface area is 176 Å². The Kier molecular flexibility index (Phi) is 6.79. The maximum absolute atomic E-state index is 5.36. The zero-order valence-corrected chi connectivity index (χ0v) is 18.5. The van der Waals surface area contributed by atoms with Gasteiger partial charge in [0.25, 0.3) is 0 Å². The van der Waals surface area contributed by atoms with Gasteiger partial charge in [-0.25, -0.2) is 0 Å². The molecule has 0 saturated carbocycles. The van der Waals surface area contributed by atoms with Crippen molar-refractivity contribution >= 4 is 0 Å². The summed E-state index contributed by atoms with van der Waals surface area (Å²) in [4.78, 5) is 0. The van der Waals surface area contributed by atoms with E-state index in [9.17, 15) is 0 Å². The van der Waals surface area contributed by atoms with Crippen LogP contribution in [0, 0.1) is 0 Å². The van der Waals surface area contributed by atoms with Crippen LogP contribution in [0.2, 0.25) is 0 Å². The standard InChI is InChI=1S/C28H34O/c1-6-21-7-9-22(10-8-21)19-25(24-13-17-27(29-5)18-14-24)20-23-11-15-26(16-12-23)28(2,3)4/h7-18,25H,6,19-20H2,1-5H3. The lowest BCUT2D eigenvalue weighted by atomic mass is 9.84. The molecule has 0 aromatic heterocycles. The Morgan fingerprint density at radius 1 is 0.690 bits per heavy atom. The van der Waals surface area contributed by atoms with Gasteiger partial charge in [-0.1, -0.05) is 88.4 Å². The van der Waals surface area contributed by atoms with Gasteiger partial charge in [-0.2, -0.15) is 0 Å². The van der Waals surface area contributed by atoms with E-state index >= 15 is 0 Å². The number of rotatable bonds is 7. The van der Waals surface area contributed by atoms with Crippen molar-refractivity contribution < 1.29 is 4.74 Å². The first-order valence-electron chi connectivity index (χ1n) is 10.7. The molecule has 0 amide bonds. The summed E-state index contributed by atoms with van der Waals surface area (Å²) >= 11 is 0. The van der Waals surface area contributed by atoms with Crippen molar-refractivity contribution in [2.24, 2.45) is 0 Å². The number of hydrogen-bond donors (Lipinski definition) is 0. The molecule has 0 radical (unpaired) electrons. The molecule has 0 aliphatic heterocycles. The number of hydrogen-bond acceptors (Lipinski definition) is 1. The third-order valence-electron chi connectivity index (χ3n) is 5.80. The summed E-state index contributed by atoms with van der Waals surface area (Å²) < 4.78 is 5.36. The highest BCUT2D eigenvalue weighted by Gasteiger charge is 2.16. The van der Waals surface area contributed by atoms with Crippen molar-refractivity contribution in [1.29, 1.82) is 0 Å². The topological polar surface area (TPSA) is 9.23 Å². The predicted octanol–water partition coefficient (Wildman–Crippen LogP) is 7.12. The molecule has 3 aromatic carbocycles. The minimum absolute atomic E-state index is 0.189. The maximum atomic E-state index is 5.36. The van der Waals surface area contributed by atoms with Crippen LogP contribution >= 0.6 is 0 Å². The van der Waals surface area contributed by atoms with E-state index in [1.54, 1.807) is 7.11 Å². The Bertz CT molecular complexity index is 881. The van der Waals surface area contributed by atoms with Crippen molar-refractivity contribution in [1.82, 2.24) is 0 Å². The lowest BCUT2D eigenvalue weighted by molar-refractivity contribution is 0.414. The van der Waals surface area contributed by atoms with Crippen LogP contribution in [0.25, 0.3) is 0 Å². The molecule has 0 aliphatic rings. The van der Waals surface area contributed by atoms with Crippen LogP contribution in [0.3, 0.4) is 0 Å². The van der Waals surface area contributed by atoms with Crippen molar-refractivity contribution in [3.8, 4) is 5.75 Å². The molecule has 0 N–H and O–H groups in total. The van der Waals surface area contributed by atoms with E-state index in [-0.39, 0.29) is 5.41 Å². The highest BCUT2D eigenvalue weighted by Crippen LogP contribution is 2.29. The fourth-order valence-corrected chi connectivity index (χ4v) is 3.80. The number of methoxy groups -OCH3 is 1. The molecule has 0 saturated heterocycles. The van der Waals surface area contributed by atoms with Crippen LogP contribution in [0.1, 0.15) is 61.4 Å². The second kappa shape index (κ2) is 9.31. The second-order valence-corrected chi connectivity index (χ2v) is 9.00. The van der Waals surface area contributed by atoms with Gasteiger partial charge in [0.05, 0.1) is 7.11 Å². The van der Waals surface area contributed by atoms with Crippen molar-refractivity contribution in [2.45, 2.75) is 58.3 Å². The minimum Gasteiger partial charge on any atom is -0.497 e. The number of aryl methyl sites for hydroxylation is 1. The van der Waals surface area contributed by atoms with Crippen LogP contribution in [-0.4, -0.2) is 7.11 Å². The summed E-state index contributed by atoms with van der Waals surface area (Å²) in [6.45, 7) is 9.00. The minimum atomic E-state index is 0.189. The zero-order chi connectivity index (χ0) is 20.9. The number of benzene rings is 3. The lowest BCUT2D eigenvalue weighted by Crippen LogP contribution is -2.11. The first kappa shape index (κ1) is 21.2. The first-order valence-corrected chi connectivity index (χ1v) is 10.7. The van der Waals surface area contributed by atoms with E-state index in [1.807, 2.05) is 0 Å². The zero-order valence-electron chi connectivity index (χ0n) is 18.5. The summed E-state index contributed by atoms with van der Waals surface area (Å²) in [5.41, 5.74) is 7.13. The van der Waals surface area contributed by atoms with Gasteiger partial charge >= 0.3 is 0 Å². The highest BCUT2D eigenvalue weighted by molar-refractivity contribution is 5.34. The van der Waals surface area contributed by atoms with E-state index in [4.69, 9.17) is 4.74 Å². The van der Waals surface area contributed by atoms with Crippen LogP contribution in [0.15, 0.2) is 72.8 Å². The molecule has 3 aromatic rings. The quantitative estimate of drug-likeness (QED) is 0.420. The van der Waals surface area contributed by atoms with E-state index in [0.29, 0.717) is 5.92 Å². The molecule has 0 heterocycles. The summed E-state index contributed by atoms with van der Waals surface area (Å²) in [5, 5.41) is 0. The fourth-order valence-electron chi connectivity index (χ4n) is 3.80. The van der Waals surface area contributed by atoms with Crippen LogP contribution in [0.4, 0.5) is 0 Å². The second-order valence-electron chi connectivity index (χ2n) is 9.00. The molecule has 1 unspecified atom stereocenters. The summed E-state index contributed by atoms with van der Waals surface area (Å²) in [7, 11) is 1.72. The molecule has 0 spiro atoms. The molecule has 0 aliphatic carbocycles. The summed E-state index contributed by atoms with van der Waals surface area (Å²) in [6, 6.07) is 26.9. The molecule has 1 atom stereocenters. The van der Waals surface area contributed by atoms with Gasteiger partial charge in [0.1, 0.15) is 5.75 Å². The van der Waals surface area contributed by atoms with Gasteiger partial charge in [-0.05, 0) is 70.5 Å². The van der Waals surface area contributed by atoms with Crippen LogP contribution in [0.5, 0.6) is 5.75 Å². The largest absolute Gasteiger partial charge is 0.497 e. The molecule has 3 rings (SSSR count). The van der Waals surface area contributed by atoms with Gasteiger partial charge in [0.15, 0.2) is 0 Å². The van der Waals surface area contributed by atoms with Gasteiger partial charge in [-0.3, -0.25) is 0 Å². The maximum Gasteiger partial charge on any atom is 0.118 e. The van der Waals surface area contributed by atoms with Crippen LogP contribution < -0.4 is 4.74 Å². The summed E-state index contributed by atoms with van der Waals surface area (Å²) in [6.07, 6.45) is 3.16. The molecule has 29 heavy (non-hydrogen) atoms. The lowest BCUT2D eigenvalue weighted by Gasteiger charge is -2.21. The normalized spacial score (nSPS) is 12.6. The fraction of sp³-hybridized carbons (Fsp3) is 0.357. The van der Waals surface area contributed by atoms with E-state index in [2.05, 4.69) is 100 Å². The molecule has 0 fully saturated rings. The molecular formula is C28H34O. The highest BCUT2D eigenvalue weighted by atomic mass is 16.5. The Morgan fingerprint density at radius 2 is 1.17 bits per heavy atom. The van der Waals surface area contributed by atoms with Gasteiger partial charge in [-0.15, -0.1) is 0 Å². The SMILES string of the molecule is CCc1ccc(CC(Cc2ccc(C(C)(C)C)cc2)c2ccc(OC)cc2)cc1. The van der Waals surface area contributed by atoms with Crippen molar-refractivity contribution in [3.05, 3.63) is 101 Å². The average molecular weight is 387 g/mol. The average Bonchev–Trinajstić information content (AvgIpc) is 2.73. The van der Waals surface area contributed by atoms with Gasteiger partial charge in [0, 0.05) is 0 Å². The molecule has 0 bridgehead atoms. The van der Waals surface area contributed by atoms with Crippen LogP contribution in [-0.2, 0) is 24.7 Å². The Hall–Kier alpha value is -2.54. The van der Waals surface area contributed by atoms with Gasteiger partial charge in [0.2, 0.25) is 0 Å². The molecular weight excluding hydrogens is 352 g/mol. The van der Waals surface area contributed by atoms with E-state index < -0.39 is 0 Å². The van der Waals surface area contributed by atoms with E-state index in [1.165, 1.54) is 27.8 Å². The third kappa shape index (κ3) is 5.73. The predicted molar refractivity (Wildman–Crippen MR) is 124 cm³/mol. The number of ether oxygens (including phenoxy) is 1. The first-order chi connectivity index (χ1) is 13.9. The van der Waals surface area contributed by atoms with Crippen molar-refractivity contribution in [2.75, 3.05) is 7.11 Å². The van der Waals surface area contributed by atoms with Crippen molar-refractivity contribution in [3.63, 3.8) is 0 Å². The van der Waals surface area contributed by atoms with Gasteiger partial charge < -0.3 is 4.74 Å². The molecule has 1 nitrogen and oxygen atoms in total. The Balaban J connectivity index is 1.84.